The topological polar surface area (TPSA) is 121 Å². The number of sulfone groups is 1. The molecule has 10 heteroatoms. The highest BCUT2D eigenvalue weighted by atomic mass is 35.5. The van der Waals surface area contributed by atoms with Crippen molar-refractivity contribution in [1.29, 1.82) is 0 Å². The number of nitrogens with zero attached hydrogens (tertiary/aromatic N) is 3. The zero-order valence-corrected chi connectivity index (χ0v) is 20.6. The standard InChI is InChI=1S/C23H30ClN3O5S/c1-23(2,30)22(29)18-13-26-20(14-25-18)27(21(28)11-8-15-6-4-5-7-15)16-9-10-19(17(24)12-16)33(3,31)32/h9-10,12-15,22,29-30H,4-8,11H2,1-3H3/t22-/m0/s1. The molecule has 0 unspecified atom stereocenters. The highest BCUT2D eigenvalue weighted by Crippen LogP contribution is 2.33. The van der Waals surface area contributed by atoms with Crippen LogP contribution in [-0.2, 0) is 14.6 Å². The number of hydrogen-bond acceptors (Lipinski definition) is 7. The monoisotopic (exact) mass is 495 g/mol. The van der Waals surface area contributed by atoms with Crippen LogP contribution >= 0.6 is 11.6 Å². The van der Waals surface area contributed by atoms with Crippen molar-refractivity contribution < 1.29 is 23.4 Å². The van der Waals surface area contributed by atoms with Crippen molar-refractivity contribution in [1.82, 2.24) is 9.97 Å². The van der Waals surface area contributed by atoms with Crippen molar-refractivity contribution in [2.24, 2.45) is 5.92 Å². The molecule has 0 bridgehead atoms. The zero-order chi connectivity index (χ0) is 24.4. The smallest absolute Gasteiger partial charge is 0.232 e. The molecular weight excluding hydrogens is 466 g/mol. The minimum absolute atomic E-state index is 0.00521. The largest absolute Gasteiger partial charge is 0.387 e. The second-order valence-electron chi connectivity index (χ2n) is 9.16. The summed E-state index contributed by atoms with van der Waals surface area (Å²) in [6.07, 6.45) is 8.11. The molecular formula is C23H30ClN3O5S. The van der Waals surface area contributed by atoms with Crippen molar-refractivity contribution in [2.75, 3.05) is 11.2 Å². The highest BCUT2D eigenvalue weighted by molar-refractivity contribution is 7.90. The maximum absolute atomic E-state index is 13.3. The summed E-state index contributed by atoms with van der Waals surface area (Å²) in [5.41, 5.74) is -0.883. The molecule has 1 aliphatic rings. The molecule has 3 rings (SSSR count). The van der Waals surface area contributed by atoms with Gasteiger partial charge in [-0.1, -0.05) is 37.3 Å². The summed E-state index contributed by atoms with van der Waals surface area (Å²) in [7, 11) is -3.53. The van der Waals surface area contributed by atoms with Gasteiger partial charge in [-0.2, -0.15) is 0 Å². The van der Waals surface area contributed by atoms with E-state index in [9.17, 15) is 23.4 Å². The van der Waals surface area contributed by atoms with E-state index in [0.29, 0.717) is 18.0 Å². The van der Waals surface area contributed by atoms with Gasteiger partial charge < -0.3 is 10.2 Å². The van der Waals surface area contributed by atoms with Gasteiger partial charge in [0.1, 0.15) is 6.10 Å². The van der Waals surface area contributed by atoms with Crippen molar-refractivity contribution in [3.8, 4) is 0 Å². The molecule has 2 aromatic rings. The molecule has 1 aromatic heterocycles. The summed E-state index contributed by atoms with van der Waals surface area (Å²) in [6, 6.07) is 4.30. The maximum Gasteiger partial charge on any atom is 0.232 e. The fourth-order valence-electron chi connectivity index (χ4n) is 4.02. The van der Waals surface area contributed by atoms with Crippen molar-refractivity contribution in [3.05, 3.63) is 41.3 Å². The van der Waals surface area contributed by atoms with Crippen LogP contribution in [-0.4, -0.2) is 46.4 Å². The Balaban J connectivity index is 1.95. The zero-order valence-electron chi connectivity index (χ0n) is 19.0. The van der Waals surface area contributed by atoms with Gasteiger partial charge in [-0.3, -0.25) is 14.7 Å². The van der Waals surface area contributed by atoms with E-state index >= 15 is 0 Å². The third-order valence-corrected chi connectivity index (χ3v) is 7.48. The van der Waals surface area contributed by atoms with Crippen LogP contribution in [0, 0.1) is 5.92 Å². The second-order valence-corrected chi connectivity index (χ2v) is 11.6. The third-order valence-electron chi connectivity index (χ3n) is 5.90. The Morgan fingerprint density at radius 1 is 1.24 bits per heavy atom. The van der Waals surface area contributed by atoms with Gasteiger partial charge in [0.15, 0.2) is 15.7 Å². The van der Waals surface area contributed by atoms with Crippen LogP contribution in [0.25, 0.3) is 0 Å². The number of aliphatic hydroxyl groups excluding tert-OH is 1. The molecule has 1 fully saturated rings. The number of anilines is 2. The summed E-state index contributed by atoms with van der Waals surface area (Å²) >= 11 is 6.23. The average Bonchev–Trinajstić information content (AvgIpc) is 3.24. The summed E-state index contributed by atoms with van der Waals surface area (Å²) in [6.45, 7) is 2.91. The molecule has 180 valence electrons. The molecule has 1 aromatic carbocycles. The third kappa shape index (κ3) is 6.29. The van der Waals surface area contributed by atoms with Crippen molar-refractivity contribution in [3.63, 3.8) is 0 Å². The number of amides is 1. The molecule has 1 amide bonds. The fourth-order valence-corrected chi connectivity index (χ4v) is 5.35. The van der Waals surface area contributed by atoms with E-state index < -0.39 is 21.5 Å². The number of aromatic nitrogens is 2. The van der Waals surface area contributed by atoms with Gasteiger partial charge in [-0.15, -0.1) is 0 Å². The number of hydrogen-bond donors (Lipinski definition) is 2. The van der Waals surface area contributed by atoms with Gasteiger partial charge in [-0.05, 0) is 44.4 Å². The predicted octanol–water partition coefficient (Wildman–Crippen LogP) is 3.97. The molecule has 0 aliphatic heterocycles. The lowest BCUT2D eigenvalue weighted by Gasteiger charge is -2.25. The quantitative estimate of drug-likeness (QED) is 0.568. The van der Waals surface area contributed by atoms with Gasteiger partial charge in [0.05, 0.1) is 39.3 Å². The normalized spacial score (nSPS) is 16.1. The number of halogens is 1. The molecule has 8 nitrogen and oxygen atoms in total. The number of carbonyl (C=O) groups excluding carboxylic acids is 1. The minimum Gasteiger partial charge on any atom is -0.387 e. The molecule has 1 heterocycles. The Morgan fingerprint density at radius 3 is 2.42 bits per heavy atom. The number of carbonyl (C=O) groups is 1. The Labute approximate surface area is 199 Å². The first-order chi connectivity index (χ1) is 15.4. The van der Waals surface area contributed by atoms with Crippen LogP contribution < -0.4 is 4.90 Å². The van der Waals surface area contributed by atoms with Crippen LogP contribution in [0.2, 0.25) is 5.02 Å². The minimum atomic E-state index is -3.53. The van der Waals surface area contributed by atoms with Crippen LogP contribution in [0.1, 0.15) is 64.2 Å². The van der Waals surface area contributed by atoms with E-state index in [-0.39, 0.29) is 27.3 Å². The molecule has 1 saturated carbocycles. The Morgan fingerprint density at radius 2 is 1.91 bits per heavy atom. The summed E-state index contributed by atoms with van der Waals surface area (Å²) in [5, 5.41) is 20.3. The SMILES string of the molecule is CC(C)(O)[C@@H](O)c1cnc(N(C(=O)CCC2CCCC2)c2ccc(S(C)(=O)=O)c(Cl)c2)cn1. The lowest BCUT2D eigenvalue weighted by Crippen LogP contribution is -2.30. The highest BCUT2D eigenvalue weighted by Gasteiger charge is 2.29. The van der Waals surface area contributed by atoms with Crippen molar-refractivity contribution >= 4 is 38.9 Å². The fraction of sp³-hybridized carbons (Fsp3) is 0.522. The van der Waals surface area contributed by atoms with E-state index in [1.807, 2.05) is 0 Å². The summed E-state index contributed by atoms with van der Waals surface area (Å²) < 4.78 is 23.9. The Kier molecular flexibility index (Phi) is 7.78. The lowest BCUT2D eigenvalue weighted by atomic mass is 9.99. The number of aliphatic hydroxyl groups is 2. The first-order valence-corrected chi connectivity index (χ1v) is 13.2. The molecule has 0 saturated heterocycles. The predicted molar refractivity (Wildman–Crippen MR) is 126 cm³/mol. The molecule has 2 N–H and O–H groups in total. The second kappa shape index (κ2) is 10.0. The molecule has 0 radical (unpaired) electrons. The lowest BCUT2D eigenvalue weighted by molar-refractivity contribution is -0.118. The van der Waals surface area contributed by atoms with Gasteiger partial charge in [0.2, 0.25) is 5.91 Å². The number of rotatable bonds is 8. The molecule has 33 heavy (non-hydrogen) atoms. The van der Waals surface area contributed by atoms with Crippen LogP contribution in [0.5, 0.6) is 0 Å². The van der Waals surface area contributed by atoms with Gasteiger partial charge in [0, 0.05) is 12.7 Å². The molecule has 1 aliphatic carbocycles. The Hall–Kier alpha value is -2.07. The Bertz CT molecular complexity index is 1090. The van der Waals surface area contributed by atoms with Gasteiger partial charge in [0.25, 0.3) is 0 Å². The van der Waals surface area contributed by atoms with Gasteiger partial charge in [-0.25, -0.2) is 13.4 Å². The average molecular weight is 496 g/mol. The van der Waals surface area contributed by atoms with Gasteiger partial charge >= 0.3 is 0 Å². The van der Waals surface area contributed by atoms with E-state index in [1.54, 1.807) is 0 Å². The van der Waals surface area contributed by atoms with Crippen molar-refractivity contribution in [2.45, 2.75) is 69.0 Å². The number of benzene rings is 1. The van der Waals surface area contributed by atoms with E-state index in [4.69, 9.17) is 11.6 Å². The first-order valence-electron chi connectivity index (χ1n) is 10.9. The maximum atomic E-state index is 13.3. The van der Waals surface area contributed by atoms with E-state index in [2.05, 4.69) is 9.97 Å². The van der Waals surface area contributed by atoms with Crippen LogP contribution in [0.3, 0.4) is 0 Å². The van der Waals surface area contributed by atoms with E-state index in [0.717, 1.165) is 25.5 Å². The summed E-state index contributed by atoms with van der Waals surface area (Å²) in [4.78, 5) is 23.1. The molecule has 0 spiro atoms. The first kappa shape index (κ1) is 25.6. The van der Waals surface area contributed by atoms with Crippen LogP contribution in [0.15, 0.2) is 35.5 Å². The van der Waals surface area contributed by atoms with Crippen LogP contribution in [0.4, 0.5) is 11.5 Å². The van der Waals surface area contributed by atoms with E-state index in [1.165, 1.54) is 62.2 Å². The molecule has 1 atom stereocenters. The summed E-state index contributed by atoms with van der Waals surface area (Å²) in [5.74, 6) is 0.513.